The highest BCUT2D eigenvalue weighted by Gasteiger charge is 2.36. The average molecular weight is 497 g/mol. The molecular formula is C20H31Cl2FN4O3S. The molecule has 2 heterocycles. The van der Waals surface area contributed by atoms with Crippen LogP contribution in [-0.4, -0.2) is 60.9 Å². The van der Waals surface area contributed by atoms with Gasteiger partial charge in [-0.2, -0.15) is 4.31 Å². The number of nitrogens with zero attached hydrogens (tertiary/aromatic N) is 3. The number of carbonyl (C=O) groups excluding carboxylic acids is 1. The zero-order valence-corrected chi connectivity index (χ0v) is 20.2. The second-order valence-electron chi connectivity index (χ2n) is 7.89. The summed E-state index contributed by atoms with van der Waals surface area (Å²) in [4.78, 5) is 18.4. The predicted molar refractivity (Wildman–Crippen MR) is 127 cm³/mol. The number of pyridine rings is 1. The lowest BCUT2D eigenvalue weighted by Crippen LogP contribution is -2.49. The van der Waals surface area contributed by atoms with Crippen LogP contribution in [0.25, 0.3) is 10.8 Å². The molecule has 1 aromatic heterocycles. The van der Waals surface area contributed by atoms with Crippen LogP contribution in [0, 0.1) is 11.7 Å². The van der Waals surface area contributed by atoms with Crippen LogP contribution in [0.2, 0.25) is 0 Å². The number of benzene rings is 1. The quantitative estimate of drug-likeness (QED) is 0.587. The summed E-state index contributed by atoms with van der Waals surface area (Å²) >= 11 is 0. The lowest BCUT2D eigenvalue weighted by Gasteiger charge is -2.46. The van der Waals surface area contributed by atoms with Gasteiger partial charge in [0.25, 0.3) is 0 Å². The van der Waals surface area contributed by atoms with Crippen LogP contribution in [0.3, 0.4) is 0 Å². The van der Waals surface area contributed by atoms with Gasteiger partial charge in [-0.15, -0.1) is 35.6 Å². The second-order valence-corrected chi connectivity index (χ2v) is 9.84. The Kier molecular flexibility index (Phi) is 9.96. The Morgan fingerprint density at radius 2 is 1.94 bits per heavy atom. The van der Waals surface area contributed by atoms with Crippen molar-refractivity contribution in [3.8, 4) is 0 Å². The maximum absolute atomic E-state index is 14.5. The molecule has 0 spiro atoms. The summed E-state index contributed by atoms with van der Waals surface area (Å²) in [5.74, 6) is -0.711. The minimum Gasteiger partial charge on any atom is -0.340 e. The first-order chi connectivity index (χ1) is 13.6. The van der Waals surface area contributed by atoms with E-state index in [1.807, 2.05) is 20.8 Å². The van der Waals surface area contributed by atoms with E-state index in [0.717, 1.165) is 6.20 Å². The number of halogens is 3. The van der Waals surface area contributed by atoms with Crippen molar-refractivity contribution in [3.05, 3.63) is 36.4 Å². The topological polar surface area (TPSA) is 103 Å². The van der Waals surface area contributed by atoms with Crippen molar-refractivity contribution in [1.82, 2.24) is 14.2 Å². The summed E-state index contributed by atoms with van der Waals surface area (Å²) in [5, 5.41) is 0.665. The van der Waals surface area contributed by atoms with Gasteiger partial charge in [0.15, 0.2) is 5.82 Å². The van der Waals surface area contributed by atoms with Gasteiger partial charge in [-0.1, -0.05) is 26.0 Å². The smallest absolute Gasteiger partial charge is 0.239 e. The third kappa shape index (κ3) is 5.60. The number of hydrogen-bond acceptors (Lipinski definition) is 6. The average Bonchev–Trinajstić information content (AvgIpc) is 2.88. The molecule has 1 aliphatic heterocycles. The van der Waals surface area contributed by atoms with E-state index in [2.05, 4.69) is 4.98 Å². The number of rotatable bonds is 4. The summed E-state index contributed by atoms with van der Waals surface area (Å²) in [6.45, 7) is 6.82. The number of carbonyl (C=O) groups is 1. The van der Waals surface area contributed by atoms with Crippen LogP contribution in [-0.2, 0) is 4.79 Å². The summed E-state index contributed by atoms with van der Waals surface area (Å²) in [6.07, 6.45) is 3.13. The van der Waals surface area contributed by atoms with Crippen LogP contribution < -0.4 is 5.73 Å². The molecule has 7 nitrogen and oxygen atoms in total. The monoisotopic (exact) mass is 496 g/mol. The minimum atomic E-state index is -3.47. The predicted octanol–water partition coefficient (Wildman–Crippen LogP) is 4.15. The Balaban J connectivity index is 0.00000240. The number of hydrogen-bond donors (Lipinski definition) is 3. The first-order valence-electron chi connectivity index (χ1n) is 9.76. The van der Waals surface area contributed by atoms with Crippen molar-refractivity contribution in [1.29, 1.82) is 0 Å². The Labute approximate surface area is 196 Å². The highest BCUT2D eigenvalue weighted by Crippen LogP contribution is 2.55. The third-order valence-electron chi connectivity index (χ3n) is 5.42. The molecule has 1 aliphatic rings. The van der Waals surface area contributed by atoms with Crippen LogP contribution >= 0.6 is 35.6 Å². The number of fused-ring (bicyclic) bond motifs is 1. The first-order valence-corrected chi connectivity index (χ1v) is 11.3. The fourth-order valence-corrected chi connectivity index (χ4v) is 5.68. The van der Waals surface area contributed by atoms with E-state index in [1.165, 1.54) is 12.3 Å². The lowest BCUT2D eigenvalue weighted by atomic mass is 10.0. The largest absolute Gasteiger partial charge is 0.340 e. The van der Waals surface area contributed by atoms with Gasteiger partial charge < -0.3 is 10.6 Å². The highest BCUT2D eigenvalue weighted by atomic mass is 35.5. The summed E-state index contributed by atoms with van der Waals surface area (Å²) < 4.78 is 38.5. The van der Waals surface area contributed by atoms with Gasteiger partial charge in [0.1, 0.15) is 0 Å². The van der Waals surface area contributed by atoms with Gasteiger partial charge in [-0.25, -0.2) is 4.39 Å². The van der Waals surface area contributed by atoms with Crippen molar-refractivity contribution >= 4 is 52.3 Å². The highest BCUT2D eigenvalue weighted by molar-refractivity contribution is 8.22. The molecule has 4 N–H and O–H groups in total. The van der Waals surface area contributed by atoms with Crippen molar-refractivity contribution < 1.29 is 18.3 Å². The van der Waals surface area contributed by atoms with E-state index in [9.17, 15) is 18.3 Å². The minimum absolute atomic E-state index is 0. The molecule has 0 bridgehead atoms. The van der Waals surface area contributed by atoms with Crippen molar-refractivity contribution in [3.63, 3.8) is 0 Å². The molecule has 2 aromatic rings. The molecule has 0 aliphatic carbocycles. The van der Waals surface area contributed by atoms with Crippen LogP contribution in [0.1, 0.15) is 27.2 Å². The number of aromatic nitrogens is 1. The number of amides is 1. The molecule has 0 unspecified atom stereocenters. The molecule has 1 fully saturated rings. The van der Waals surface area contributed by atoms with E-state index >= 15 is 0 Å². The summed E-state index contributed by atoms with van der Waals surface area (Å²) in [6, 6.07) is 3.95. The molecule has 31 heavy (non-hydrogen) atoms. The van der Waals surface area contributed by atoms with E-state index in [1.54, 1.807) is 21.3 Å². The van der Waals surface area contributed by atoms with E-state index in [0.29, 0.717) is 31.4 Å². The zero-order valence-electron chi connectivity index (χ0n) is 17.8. The molecular weight excluding hydrogens is 466 g/mol. The molecule has 2 atom stereocenters. The molecule has 0 saturated carbocycles. The maximum atomic E-state index is 14.5. The molecule has 0 radical (unpaired) electrons. The normalized spacial score (nSPS) is 19.4. The SMILES string of the molecule is CC(C)[C@@H](N)C(=O)N1CCCN(S(O)(O)c2cccc3cncc(F)c23)[C@@H](C)C1.Cl.Cl. The zero-order chi connectivity index (χ0) is 21.3. The fraction of sp³-hybridized carbons (Fsp3) is 0.500. The van der Waals surface area contributed by atoms with Crippen molar-refractivity contribution in [2.24, 2.45) is 11.7 Å². The standard InChI is InChI=1S/C20H29FN4O3S.2ClH/c1-13(2)19(22)20(26)24-8-5-9-25(14(3)12-24)29(27,28)17-7-4-6-15-10-23-11-16(21)18(15)17;;/h4,6-7,10-11,13-14,19,27-28H,5,8-9,12,22H2,1-3H3;2*1H/t14-,19+;;/m0../s1. The van der Waals surface area contributed by atoms with E-state index in [-0.39, 0.29) is 53.0 Å². The molecule has 11 heteroatoms. The Morgan fingerprint density at radius 1 is 1.26 bits per heavy atom. The van der Waals surface area contributed by atoms with E-state index in [4.69, 9.17) is 5.73 Å². The maximum Gasteiger partial charge on any atom is 0.239 e. The molecule has 1 saturated heterocycles. The van der Waals surface area contributed by atoms with Gasteiger partial charge in [0, 0.05) is 42.6 Å². The van der Waals surface area contributed by atoms with Crippen LogP contribution in [0.15, 0.2) is 35.5 Å². The van der Waals surface area contributed by atoms with E-state index < -0.39 is 22.6 Å². The third-order valence-corrected chi connectivity index (χ3v) is 7.55. The first kappa shape index (κ1) is 27.8. The van der Waals surface area contributed by atoms with Gasteiger partial charge in [-0.05, 0) is 25.3 Å². The molecule has 176 valence electrons. The fourth-order valence-electron chi connectivity index (χ4n) is 3.73. The number of nitrogens with two attached hydrogens (primary N) is 1. The Bertz CT molecular complexity index is 901. The van der Waals surface area contributed by atoms with Gasteiger partial charge in [0.05, 0.1) is 17.1 Å². The molecule has 3 rings (SSSR count). The summed E-state index contributed by atoms with van der Waals surface area (Å²) in [7, 11) is -3.47. The Hall–Kier alpha value is -1.20. The van der Waals surface area contributed by atoms with Crippen LogP contribution in [0.5, 0.6) is 0 Å². The molecule has 1 amide bonds. The van der Waals surface area contributed by atoms with Gasteiger partial charge in [-0.3, -0.25) is 18.9 Å². The summed E-state index contributed by atoms with van der Waals surface area (Å²) in [5.41, 5.74) is 6.03. The van der Waals surface area contributed by atoms with Crippen molar-refractivity contribution in [2.75, 3.05) is 19.6 Å². The molecule has 1 aromatic carbocycles. The van der Waals surface area contributed by atoms with Crippen molar-refractivity contribution in [2.45, 2.75) is 44.2 Å². The van der Waals surface area contributed by atoms with Gasteiger partial charge >= 0.3 is 0 Å². The van der Waals surface area contributed by atoms with Gasteiger partial charge in [0.2, 0.25) is 5.91 Å². The van der Waals surface area contributed by atoms with Crippen LogP contribution in [0.4, 0.5) is 4.39 Å². The Morgan fingerprint density at radius 3 is 2.58 bits per heavy atom. The second kappa shape index (κ2) is 11.1. The lowest BCUT2D eigenvalue weighted by molar-refractivity contribution is -0.133.